The lowest BCUT2D eigenvalue weighted by molar-refractivity contribution is 0.625. The van der Waals surface area contributed by atoms with Crippen molar-refractivity contribution in [2.24, 2.45) is 0 Å². The van der Waals surface area contributed by atoms with Crippen molar-refractivity contribution in [1.29, 1.82) is 0 Å². The van der Waals surface area contributed by atoms with Gasteiger partial charge in [-0.15, -0.1) is 0 Å². The molecule has 6 heteroatoms. The second kappa shape index (κ2) is 6.83. The van der Waals surface area contributed by atoms with Crippen LogP contribution in [0.1, 0.15) is 5.56 Å². The monoisotopic (exact) mass is 310 g/mol. The topological polar surface area (TPSA) is 70.7 Å². The first-order valence-corrected chi connectivity index (χ1v) is 7.21. The molecule has 0 spiro atoms. The number of nitrogens with zero attached hydrogens (tertiary/aromatic N) is 2. The van der Waals surface area contributed by atoms with Crippen molar-refractivity contribution in [3.05, 3.63) is 76.6 Å². The molecule has 3 aromatic rings. The van der Waals surface area contributed by atoms with Gasteiger partial charge in [-0.2, -0.15) is 0 Å². The van der Waals surface area contributed by atoms with Gasteiger partial charge in [0.25, 0.3) is 5.56 Å². The van der Waals surface area contributed by atoms with E-state index in [-0.39, 0.29) is 11.4 Å². The Morgan fingerprint density at radius 1 is 1.13 bits per heavy atom. The predicted molar refractivity (Wildman–Crippen MR) is 86.7 cm³/mol. The summed E-state index contributed by atoms with van der Waals surface area (Å²) in [5.41, 5.74) is 2.04. The minimum atomic E-state index is -0.256. The van der Waals surface area contributed by atoms with Gasteiger partial charge in [-0.05, 0) is 36.2 Å². The molecule has 0 aliphatic rings. The third kappa shape index (κ3) is 4.00. The first-order valence-electron chi connectivity index (χ1n) is 7.21. The molecule has 23 heavy (non-hydrogen) atoms. The van der Waals surface area contributed by atoms with Crippen LogP contribution in [0.4, 0.5) is 10.3 Å². The van der Waals surface area contributed by atoms with Gasteiger partial charge in [-0.1, -0.05) is 12.1 Å². The quantitative estimate of drug-likeness (QED) is 0.760. The van der Waals surface area contributed by atoms with Gasteiger partial charge < -0.3 is 5.32 Å². The summed E-state index contributed by atoms with van der Waals surface area (Å²) in [7, 11) is 0. The number of benzene rings is 1. The highest BCUT2D eigenvalue weighted by molar-refractivity contribution is 5.58. The van der Waals surface area contributed by atoms with Gasteiger partial charge in [0, 0.05) is 30.6 Å². The number of pyridine rings is 1. The van der Waals surface area contributed by atoms with Crippen molar-refractivity contribution in [1.82, 2.24) is 15.0 Å². The zero-order valence-electron chi connectivity index (χ0n) is 12.3. The smallest absolute Gasteiger partial charge is 0.252 e. The van der Waals surface area contributed by atoms with Crippen LogP contribution in [0.15, 0.2) is 59.7 Å². The maximum Gasteiger partial charge on any atom is 0.252 e. The summed E-state index contributed by atoms with van der Waals surface area (Å²) in [6.45, 7) is 0.534. The van der Waals surface area contributed by atoms with Gasteiger partial charge in [-0.25, -0.2) is 9.37 Å². The first-order chi connectivity index (χ1) is 11.2. The lowest BCUT2D eigenvalue weighted by Crippen LogP contribution is -2.14. The molecule has 0 atom stereocenters. The van der Waals surface area contributed by atoms with Gasteiger partial charge >= 0.3 is 0 Å². The van der Waals surface area contributed by atoms with Crippen molar-refractivity contribution >= 4 is 5.95 Å². The van der Waals surface area contributed by atoms with Crippen molar-refractivity contribution in [2.75, 3.05) is 11.9 Å². The zero-order valence-corrected chi connectivity index (χ0v) is 12.3. The van der Waals surface area contributed by atoms with E-state index in [1.54, 1.807) is 30.6 Å². The summed E-state index contributed by atoms with van der Waals surface area (Å²) in [5.74, 6) is 0.134. The van der Waals surface area contributed by atoms with E-state index in [1.165, 1.54) is 18.2 Å². The fraction of sp³-hybridized carbons (Fsp3) is 0.118. The molecule has 116 valence electrons. The molecule has 0 saturated heterocycles. The third-order valence-corrected chi connectivity index (χ3v) is 3.31. The maximum absolute atomic E-state index is 13.1. The van der Waals surface area contributed by atoms with Crippen LogP contribution in [0, 0.1) is 5.82 Å². The number of hydrogen-bond donors (Lipinski definition) is 2. The Morgan fingerprint density at radius 2 is 1.96 bits per heavy atom. The molecular formula is C17H15FN4O. The maximum atomic E-state index is 13.1. The molecule has 5 nitrogen and oxygen atoms in total. The number of anilines is 1. The van der Waals surface area contributed by atoms with E-state index >= 15 is 0 Å². The molecular weight excluding hydrogens is 295 g/mol. The van der Waals surface area contributed by atoms with Gasteiger partial charge in [0.15, 0.2) is 0 Å². The molecule has 2 aromatic heterocycles. The molecule has 1 aromatic carbocycles. The number of aromatic amines is 1. The molecule has 0 aliphatic heterocycles. The standard InChI is InChI=1S/C17H15FN4O/c18-14-3-1-2-12(10-14)4-9-20-17-21-15(11-16(23)22-17)13-5-7-19-8-6-13/h1-3,5-8,10-11H,4,9H2,(H2,20,21,22,23). The number of nitrogens with one attached hydrogen (secondary N) is 2. The minimum Gasteiger partial charge on any atom is -0.355 e. The second-order valence-electron chi connectivity index (χ2n) is 5.02. The van der Waals surface area contributed by atoms with Gasteiger partial charge in [-0.3, -0.25) is 14.8 Å². The van der Waals surface area contributed by atoms with Crippen molar-refractivity contribution < 1.29 is 4.39 Å². The van der Waals surface area contributed by atoms with Crippen LogP contribution in [0.25, 0.3) is 11.3 Å². The lowest BCUT2D eigenvalue weighted by atomic mass is 10.1. The Morgan fingerprint density at radius 3 is 2.74 bits per heavy atom. The van der Waals surface area contributed by atoms with E-state index in [4.69, 9.17) is 0 Å². The average molecular weight is 310 g/mol. The Balaban J connectivity index is 1.71. The summed E-state index contributed by atoms with van der Waals surface area (Å²) in [6, 6.07) is 11.5. The molecule has 0 amide bonds. The number of aromatic nitrogens is 3. The Labute approximate surface area is 132 Å². The van der Waals surface area contributed by atoms with E-state index in [0.29, 0.717) is 24.6 Å². The molecule has 0 aliphatic carbocycles. The second-order valence-corrected chi connectivity index (χ2v) is 5.02. The van der Waals surface area contributed by atoms with Gasteiger partial charge in [0.1, 0.15) is 5.82 Å². The van der Waals surface area contributed by atoms with Crippen LogP contribution in [0.5, 0.6) is 0 Å². The molecule has 0 unspecified atom stereocenters. The number of hydrogen-bond acceptors (Lipinski definition) is 4. The van der Waals surface area contributed by atoms with Crippen molar-refractivity contribution in [2.45, 2.75) is 6.42 Å². The minimum absolute atomic E-state index is 0.236. The fourth-order valence-electron chi connectivity index (χ4n) is 2.23. The Bertz CT molecular complexity index is 848. The van der Waals surface area contributed by atoms with E-state index in [9.17, 15) is 9.18 Å². The van der Waals surface area contributed by atoms with Gasteiger partial charge in [0.2, 0.25) is 5.95 Å². The van der Waals surface area contributed by atoms with E-state index in [1.807, 2.05) is 6.07 Å². The Hall–Kier alpha value is -3.02. The van der Waals surface area contributed by atoms with E-state index in [2.05, 4.69) is 20.3 Å². The van der Waals surface area contributed by atoms with Crippen LogP contribution in [-0.4, -0.2) is 21.5 Å². The lowest BCUT2D eigenvalue weighted by Gasteiger charge is -2.07. The molecule has 0 saturated carbocycles. The molecule has 0 bridgehead atoms. The third-order valence-electron chi connectivity index (χ3n) is 3.31. The highest BCUT2D eigenvalue weighted by Gasteiger charge is 2.04. The Kier molecular flexibility index (Phi) is 4.42. The number of halogens is 1. The molecule has 3 rings (SSSR count). The number of H-pyrrole nitrogens is 1. The van der Waals surface area contributed by atoms with Crippen molar-refractivity contribution in [3.63, 3.8) is 0 Å². The van der Waals surface area contributed by atoms with E-state index < -0.39 is 0 Å². The summed E-state index contributed by atoms with van der Waals surface area (Å²) >= 11 is 0. The summed E-state index contributed by atoms with van der Waals surface area (Å²) < 4.78 is 13.1. The largest absolute Gasteiger partial charge is 0.355 e. The average Bonchev–Trinajstić information content (AvgIpc) is 2.55. The summed E-state index contributed by atoms with van der Waals surface area (Å²) in [5, 5.41) is 3.06. The van der Waals surface area contributed by atoms with Gasteiger partial charge in [0.05, 0.1) is 5.69 Å². The molecule has 2 heterocycles. The van der Waals surface area contributed by atoms with Crippen molar-refractivity contribution in [3.8, 4) is 11.3 Å². The molecule has 2 N–H and O–H groups in total. The molecule has 0 fully saturated rings. The first kappa shape index (κ1) is 14.9. The van der Waals surface area contributed by atoms with Crippen LogP contribution in [0.2, 0.25) is 0 Å². The SMILES string of the molecule is O=c1cc(-c2ccncc2)nc(NCCc2cccc(F)c2)[nH]1. The normalized spacial score (nSPS) is 10.5. The fourth-order valence-corrected chi connectivity index (χ4v) is 2.23. The number of rotatable bonds is 5. The highest BCUT2D eigenvalue weighted by atomic mass is 19.1. The zero-order chi connectivity index (χ0) is 16.1. The molecule has 0 radical (unpaired) electrons. The van der Waals surface area contributed by atoms with E-state index in [0.717, 1.165) is 11.1 Å². The van der Waals surface area contributed by atoms with Crippen LogP contribution < -0.4 is 10.9 Å². The summed E-state index contributed by atoms with van der Waals surface area (Å²) in [6.07, 6.45) is 3.92. The summed E-state index contributed by atoms with van der Waals surface area (Å²) in [4.78, 5) is 22.7. The van der Waals surface area contributed by atoms with Crippen LogP contribution in [0.3, 0.4) is 0 Å². The van der Waals surface area contributed by atoms with Crippen LogP contribution >= 0.6 is 0 Å². The highest BCUT2D eigenvalue weighted by Crippen LogP contribution is 2.14. The van der Waals surface area contributed by atoms with Crippen LogP contribution in [-0.2, 0) is 6.42 Å². The predicted octanol–water partition coefficient (Wildman–Crippen LogP) is 2.63.